The van der Waals surface area contributed by atoms with E-state index >= 15 is 0 Å². The Hall–Kier alpha value is -3.64. The molecule has 0 bridgehead atoms. The molecule has 0 aliphatic heterocycles. The van der Waals surface area contributed by atoms with E-state index in [-0.39, 0.29) is 5.15 Å². The van der Waals surface area contributed by atoms with E-state index < -0.39 is 18.0 Å². The van der Waals surface area contributed by atoms with Crippen molar-refractivity contribution in [3.63, 3.8) is 0 Å². The van der Waals surface area contributed by atoms with Crippen LogP contribution in [0.15, 0.2) is 79.0 Å². The SMILES string of the molecule is CC(OC(=O)/C=C/c1ccc(OCc2ccccc2)cc1)C(=O)Nc1cccnc1Cl. The lowest BCUT2D eigenvalue weighted by molar-refractivity contribution is -0.148. The molecular formula is C24H21ClN2O4. The van der Waals surface area contributed by atoms with Crippen molar-refractivity contribution < 1.29 is 19.1 Å². The van der Waals surface area contributed by atoms with Crippen LogP contribution in [0.2, 0.25) is 5.15 Å². The van der Waals surface area contributed by atoms with Crippen LogP contribution in [-0.4, -0.2) is 23.0 Å². The van der Waals surface area contributed by atoms with Crippen LogP contribution in [0.4, 0.5) is 5.69 Å². The maximum atomic E-state index is 12.2. The molecule has 0 fully saturated rings. The lowest BCUT2D eigenvalue weighted by Gasteiger charge is -2.12. The highest BCUT2D eigenvalue weighted by Crippen LogP contribution is 2.18. The number of amides is 1. The van der Waals surface area contributed by atoms with E-state index in [1.807, 2.05) is 54.6 Å². The van der Waals surface area contributed by atoms with Gasteiger partial charge in [-0.15, -0.1) is 0 Å². The lowest BCUT2D eigenvalue weighted by Crippen LogP contribution is -2.29. The fraction of sp³-hybridized carbons (Fsp3) is 0.125. The number of carbonyl (C=O) groups is 2. The standard InChI is InChI=1S/C24H21ClN2O4/c1-17(24(29)27-21-8-5-15-26-23(21)25)31-22(28)14-11-18-9-12-20(13-10-18)30-16-19-6-3-2-4-7-19/h2-15,17H,16H2,1H3,(H,27,29)/b14-11+. The number of anilines is 1. The second-order valence-corrected chi connectivity index (χ2v) is 6.94. The highest BCUT2D eigenvalue weighted by molar-refractivity contribution is 6.32. The number of carbonyl (C=O) groups excluding carboxylic acids is 2. The molecule has 7 heteroatoms. The molecule has 1 heterocycles. The average molecular weight is 437 g/mol. The van der Waals surface area contributed by atoms with Gasteiger partial charge in [-0.1, -0.05) is 54.1 Å². The van der Waals surface area contributed by atoms with E-state index in [9.17, 15) is 9.59 Å². The topological polar surface area (TPSA) is 77.5 Å². The highest BCUT2D eigenvalue weighted by Gasteiger charge is 2.17. The Morgan fingerprint density at radius 2 is 1.81 bits per heavy atom. The number of pyridine rings is 1. The maximum Gasteiger partial charge on any atom is 0.331 e. The summed E-state index contributed by atoms with van der Waals surface area (Å²) in [6, 6.07) is 20.4. The van der Waals surface area contributed by atoms with Gasteiger partial charge >= 0.3 is 5.97 Å². The number of halogens is 1. The molecule has 6 nitrogen and oxygen atoms in total. The third kappa shape index (κ3) is 6.97. The number of hydrogen-bond donors (Lipinski definition) is 1. The van der Waals surface area contributed by atoms with Crippen LogP contribution in [0.25, 0.3) is 6.08 Å². The van der Waals surface area contributed by atoms with Crippen LogP contribution in [0.1, 0.15) is 18.1 Å². The largest absolute Gasteiger partial charge is 0.489 e. The van der Waals surface area contributed by atoms with Gasteiger partial charge in [-0.25, -0.2) is 9.78 Å². The predicted molar refractivity (Wildman–Crippen MR) is 120 cm³/mol. The summed E-state index contributed by atoms with van der Waals surface area (Å²) in [6.45, 7) is 1.96. The number of benzene rings is 2. The van der Waals surface area contributed by atoms with E-state index in [1.54, 1.807) is 18.2 Å². The van der Waals surface area contributed by atoms with E-state index in [2.05, 4.69) is 10.3 Å². The molecule has 0 spiro atoms. The lowest BCUT2D eigenvalue weighted by atomic mass is 10.2. The summed E-state index contributed by atoms with van der Waals surface area (Å²) in [5, 5.41) is 2.73. The molecular weight excluding hydrogens is 416 g/mol. The summed E-state index contributed by atoms with van der Waals surface area (Å²) < 4.78 is 10.9. The molecule has 158 valence electrons. The number of ether oxygens (including phenoxy) is 2. The summed E-state index contributed by atoms with van der Waals surface area (Å²) in [6.07, 6.45) is 3.38. The summed E-state index contributed by atoms with van der Waals surface area (Å²) in [5.41, 5.74) is 2.23. The molecule has 2 aromatic carbocycles. The van der Waals surface area contributed by atoms with Gasteiger partial charge in [-0.2, -0.15) is 0 Å². The quantitative estimate of drug-likeness (QED) is 0.309. The van der Waals surface area contributed by atoms with E-state index in [4.69, 9.17) is 21.1 Å². The van der Waals surface area contributed by atoms with Crippen LogP contribution in [-0.2, 0) is 20.9 Å². The Labute approximate surface area is 185 Å². The monoisotopic (exact) mass is 436 g/mol. The Kier molecular flexibility index (Phi) is 7.79. The van der Waals surface area contributed by atoms with Crippen LogP contribution in [0, 0.1) is 0 Å². The van der Waals surface area contributed by atoms with Crippen molar-refractivity contribution in [1.82, 2.24) is 4.98 Å². The molecule has 1 N–H and O–H groups in total. The van der Waals surface area contributed by atoms with E-state index in [0.717, 1.165) is 16.9 Å². The molecule has 31 heavy (non-hydrogen) atoms. The molecule has 0 saturated carbocycles. The second-order valence-electron chi connectivity index (χ2n) is 6.59. The van der Waals surface area contributed by atoms with Crippen LogP contribution in [0.5, 0.6) is 5.75 Å². The third-order valence-electron chi connectivity index (χ3n) is 4.22. The molecule has 1 amide bonds. The first kappa shape index (κ1) is 22.1. The van der Waals surface area contributed by atoms with Gasteiger partial charge in [-0.3, -0.25) is 4.79 Å². The molecule has 3 aromatic rings. The minimum atomic E-state index is -0.998. The van der Waals surface area contributed by atoms with Gasteiger partial charge in [0.05, 0.1) is 5.69 Å². The number of esters is 1. The van der Waals surface area contributed by atoms with E-state index in [0.29, 0.717) is 12.3 Å². The zero-order valence-electron chi connectivity index (χ0n) is 16.8. The first-order valence-electron chi connectivity index (χ1n) is 9.58. The first-order chi connectivity index (χ1) is 15.0. The summed E-state index contributed by atoms with van der Waals surface area (Å²) in [4.78, 5) is 28.1. The Morgan fingerprint density at radius 3 is 2.52 bits per heavy atom. The molecule has 0 aliphatic rings. The molecule has 0 aliphatic carbocycles. The summed E-state index contributed by atoms with van der Waals surface area (Å²) >= 11 is 5.90. The first-order valence-corrected chi connectivity index (χ1v) is 9.96. The Bertz CT molecular complexity index is 1050. The zero-order chi connectivity index (χ0) is 22.1. The van der Waals surface area contributed by atoms with Crippen molar-refractivity contribution in [2.24, 2.45) is 0 Å². The van der Waals surface area contributed by atoms with Gasteiger partial charge in [-0.05, 0) is 48.4 Å². The van der Waals surface area contributed by atoms with Crippen LogP contribution < -0.4 is 10.1 Å². The molecule has 1 atom stereocenters. The summed E-state index contributed by atoms with van der Waals surface area (Å²) in [7, 11) is 0. The predicted octanol–water partition coefficient (Wildman–Crippen LogP) is 4.90. The molecule has 0 radical (unpaired) electrons. The van der Waals surface area contributed by atoms with Gasteiger partial charge in [0.15, 0.2) is 11.3 Å². The van der Waals surface area contributed by atoms with Gasteiger partial charge in [0.1, 0.15) is 12.4 Å². The van der Waals surface area contributed by atoms with Gasteiger partial charge in [0.25, 0.3) is 5.91 Å². The highest BCUT2D eigenvalue weighted by atomic mass is 35.5. The minimum Gasteiger partial charge on any atom is -0.489 e. The van der Waals surface area contributed by atoms with Gasteiger partial charge in [0, 0.05) is 12.3 Å². The zero-order valence-corrected chi connectivity index (χ0v) is 17.6. The van der Waals surface area contributed by atoms with Crippen molar-refractivity contribution in [2.45, 2.75) is 19.6 Å². The number of aromatic nitrogens is 1. The smallest absolute Gasteiger partial charge is 0.331 e. The molecule has 0 saturated heterocycles. The average Bonchev–Trinajstić information content (AvgIpc) is 2.79. The molecule has 1 aromatic heterocycles. The second kappa shape index (κ2) is 10.9. The third-order valence-corrected chi connectivity index (χ3v) is 4.52. The number of hydrogen-bond acceptors (Lipinski definition) is 5. The van der Waals surface area contributed by atoms with Crippen molar-refractivity contribution >= 4 is 35.2 Å². The number of rotatable bonds is 8. The number of nitrogens with zero attached hydrogens (tertiary/aromatic N) is 1. The van der Waals surface area contributed by atoms with Crippen molar-refractivity contribution in [2.75, 3.05) is 5.32 Å². The normalized spacial score (nSPS) is 11.7. The molecule has 1 unspecified atom stereocenters. The maximum absolute atomic E-state index is 12.2. The fourth-order valence-corrected chi connectivity index (χ4v) is 2.73. The van der Waals surface area contributed by atoms with Crippen LogP contribution in [0.3, 0.4) is 0 Å². The van der Waals surface area contributed by atoms with Gasteiger partial charge < -0.3 is 14.8 Å². The molecule has 3 rings (SSSR count). The van der Waals surface area contributed by atoms with Crippen molar-refractivity contribution in [3.8, 4) is 5.75 Å². The fourth-order valence-electron chi connectivity index (χ4n) is 2.56. The Morgan fingerprint density at radius 1 is 1.06 bits per heavy atom. The Balaban J connectivity index is 1.47. The van der Waals surface area contributed by atoms with Crippen molar-refractivity contribution in [1.29, 1.82) is 0 Å². The number of nitrogens with one attached hydrogen (secondary N) is 1. The van der Waals surface area contributed by atoms with Crippen LogP contribution >= 0.6 is 11.6 Å². The minimum absolute atomic E-state index is 0.158. The van der Waals surface area contributed by atoms with Gasteiger partial charge in [0.2, 0.25) is 0 Å². The van der Waals surface area contributed by atoms with E-state index in [1.165, 1.54) is 19.2 Å². The summed E-state index contributed by atoms with van der Waals surface area (Å²) in [5.74, 6) is -0.413. The van der Waals surface area contributed by atoms with Crippen molar-refractivity contribution in [3.05, 3.63) is 95.3 Å².